The van der Waals surface area contributed by atoms with Crippen molar-refractivity contribution in [2.24, 2.45) is 4.99 Å². The number of nitrogens with zero attached hydrogens (tertiary/aromatic N) is 6. The average Bonchev–Trinajstić information content (AvgIpc) is 3.34. The van der Waals surface area contributed by atoms with Gasteiger partial charge in [0.25, 0.3) is 0 Å². The van der Waals surface area contributed by atoms with Crippen molar-refractivity contribution in [3.8, 4) is 17.1 Å². The van der Waals surface area contributed by atoms with Crippen molar-refractivity contribution in [3.63, 3.8) is 0 Å². The summed E-state index contributed by atoms with van der Waals surface area (Å²) in [4.78, 5) is 9.14. The van der Waals surface area contributed by atoms with Gasteiger partial charge in [-0.05, 0) is 19.1 Å². The largest absolute Gasteiger partial charge is 0.497 e. The number of imidazole rings is 1. The van der Waals surface area contributed by atoms with Gasteiger partial charge in [-0.3, -0.25) is 4.57 Å². The van der Waals surface area contributed by atoms with Crippen molar-refractivity contribution in [1.82, 2.24) is 24.5 Å². The van der Waals surface area contributed by atoms with E-state index in [1.54, 1.807) is 13.3 Å². The standard InChI is InChI=1S/C17H16N6O2/c1-10-8-25-17(20-10)16-15-5-11-7-19-21-23(11)14-6-12(24-2)3-4-13(14)22(15)9-18-16/h3-4,6-7,9-10H,5,8H2,1-2H3/t10-/m0/s1. The van der Waals surface area contributed by atoms with Gasteiger partial charge in [0.1, 0.15) is 24.4 Å². The average molecular weight is 336 g/mol. The Balaban J connectivity index is 1.75. The van der Waals surface area contributed by atoms with Crippen LogP contribution in [0.5, 0.6) is 5.75 Å². The van der Waals surface area contributed by atoms with E-state index in [1.165, 1.54) is 0 Å². The molecule has 2 aliphatic rings. The second-order valence-corrected chi connectivity index (χ2v) is 6.17. The molecular weight excluding hydrogens is 320 g/mol. The van der Waals surface area contributed by atoms with Crippen LogP contribution in [0.2, 0.25) is 0 Å². The fraction of sp³-hybridized carbons (Fsp3) is 0.294. The minimum Gasteiger partial charge on any atom is -0.497 e. The number of benzene rings is 1. The zero-order chi connectivity index (χ0) is 17.0. The van der Waals surface area contributed by atoms with Crippen LogP contribution in [0.25, 0.3) is 11.4 Å². The summed E-state index contributed by atoms with van der Waals surface area (Å²) in [6.07, 6.45) is 4.22. The van der Waals surface area contributed by atoms with Crippen LogP contribution in [0.1, 0.15) is 24.0 Å². The summed E-state index contributed by atoms with van der Waals surface area (Å²) in [6, 6.07) is 6.03. The van der Waals surface area contributed by atoms with Crippen LogP contribution in [0.3, 0.4) is 0 Å². The Morgan fingerprint density at radius 1 is 1.28 bits per heavy atom. The van der Waals surface area contributed by atoms with Gasteiger partial charge >= 0.3 is 0 Å². The SMILES string of the molecule is COc1ccc2c(c1)-n1nncc1Cc1c(C3=N[C@@H](C)CO3)ncn1-2. The van der Waals surface area contributed by atoms with E-state index in [4.69, 9.17) is 9.47 Å². The van der Waals surface area contributed by atoms with Gasteiger partial charge in [-0.15, -0.1) is 5.10 Å². The number of methoxy groups -OCH3 is 1. The first-order chi connectivity index (χ1) is 12.2. The second kappa shape index (κ2) is 5.17. The maximum Gasteiger partial charge on any atom is 0.237 e. The molecule has 126 valence electrons. The molecule has 1 aromatic carbocycles. The van der Waals surface area contributed by atoms with Crippen molar-refractivity contribution in [3.05, 3.63) is 47.8 Å². The first-order valence-corrected chi connectivity index (χ1v) is 8.10. The molecule has 0 aliphatic carbocycles. The molecule has 0 spiro atoms. The Morgan fingerprint density at radius 2 is 2.20 bits per heavy atom. The number of aliphatic imine (C=N–C) groups is 1. The van der Waals surface area contributed by atoms with E-state index in [1.807, 2.05) is 36.1 Å². The molecule has 4 heterocycles. The quantitative estimate of drug-likeness (QED) is 0.555. The molecule has 0 saturated heterocycles. The normalized spacial score (nSPS) is 17.8. The summed E-state index contributed by atoms with van der Waals surface area (Å²) in [7, 11) is 1.65. The molecule has 0 bridgehead atoms. The Labute approximate surface area is 143 Å². The van der Waals surface area contributed by atoms with E-state index in [9.17, 15) is 0 Å². The van der Waals surface area contributed by atoms with Gasteiger partial charge in [0.2, 0.25) is 5.90 Å². The molecule has 0 amide bonds. The zero-order valence-electron chi connectivity index (χ0n) is 13.9. The highest BCUT2D eigenvalue weighted by Gasteiger charge is 2.28. The number of fused-ring (bicyclic) bond motifs is 5. The smallest absolute Gasteiger partial charge is 0.237 e. The third-order valence-electron chi connectivity index (χ3n) is 4.51. The first-order valence-electron chi connectivity index (χ1n) is 8.10. The van der Waals surface area contributed by atoms with E-state index in [0.717, 1.165) is 34.2 Å². The molecule has 25 heavy (non-hydrogen) atoms. The number of ether oxygens (including phenoxy) is 2. The number of rotatable bonds is 2. The first kappa shape index (κ1) is 14.2. The Kier molecular flexibility index (Phi) is 2.94. The molecule has 8 heteroatoms. The molecule has 3 aromatic rings. The van der Waals surface area contributed by atoms with Crippen molar-refractivity contribution in [2.45, 2.75) is 19.4 Å². The van der Waals surface area contributed by atoms with E-state index in [2.05, 4.69) is 24.9 Å². The van der Waals surface area contributed by atoms with Crippen LogP contribution >= 0.6 is 0 Å². The lowest BCUT2D eigenvalue weighted by molar-refractivity contribution is 0.323. The predicted octanol–water partition coefficient (Wildman–Crippen LogP) is 1.53. The number of hydrogen-bond acceptors (Lipinski definition) is 6. The molecule has 2 aliphatic heterocycles. The highest BCUT2D eigenvalue weighted by Crippen LogP contribution is 2.31. The monoisotopic (exact) mass is 336 g/mol. The summed E-state index contributed by atoms with van der Waals surface area (Å²) in [6.45, 7) is 2.62. The molecule has 8 nitrogen and oxygen atoms in total. The lowest BCUT2D eigenvalue weighted by Gasteiger charge is -2.11. The number of aromatic nitrogens is 5. The molecule has 5 rings (SSSR count). The highest BCUT2D eigenvalue weighted by atomic mass is 16.5. The van der Waals surface area contributed by atoms with E-state index in [0.29, 0.717) is 18.9 Å². The molecule has 0 saturated carbocycles. The van der Waals surface area contributed by atoms with Crippen LogP contribution in [0.15, 0.2) is 35.7 Å². The zero-order valence-corrected chi connectivity index (χ0v) is 13.9. The van der Waals surface area contributed by atoms with E-state index >= 15 is 0 Å². The third kappa shape index (κ3) is 2.07. The molecule has 0 radical (unpaired) electrons. The van der Waals surface area contributed by atoms with Gasteiger partial charge in [-0.25, -0.2) is 14.7 Å². The molecule has 0 N–H and O–H groups in total. The van der Waals surface area contributed by atoms with Crippen LogP contribution < -0.4 is 4.74 Å². The topological polar surface area (TPSA) is 79.3 Å². The fourth-order valence-electron chi connectivity index (χ4n) is 3.29. The minimum atomic E-state index is 0.155. The fourth-order valence-corrected chi connectivity index (χ4v) is 3.29. The van der Waals surface area contributed by atoms with Gasteiger partial charge < -0.3 is 9.47 Å². The Hall–Kier alpha value is -3.16. The summed E-state index contributed by atoms with van der Waals surface area (Å²) >= 11 is 0. The van der Waals surface area contributed by atoms with Crippen LogP contribution in [-0.2, 0) is 11.2 Å². The Morgan fingerprint density at radius 3 is 3.00 bits per heavy atom. The van der Waals surface area contributed by atoms with Crippen LogP contribution in [0.4, 0.5) is 0 Å². The van der Waals surface area contributed by atoms with Crippen LogP contribution in [0, 0.1) is 0 Å². The van der Waals surface area contributed by atoms with Crippen LogP contribution in [-0.4, -0.2) is 50.2 Å². The van der Waals surface area contributed by atoms with Gasteiger partial charge in [0.15, 0.2) is 0 Å². The van der Waals surface area contributed by atoms with Crippen molar-refractivity contribution in [1.29, 1.82) is 0 Å². The van der Waals surface area contributed by atoms with Gasteiger partial charge in [0.05, 0.1) is 42.1 Å². The third-order valence-corrected chi connectivity index (χ3v) is 4.51. The lowest BCUT2D eigenvalue weighted by Crippen LogP contribution is -2.08. The summed E-state index contributed by atoms with van der Waals surface area (Å²) < 4.78 is 15.0. The molecule has 0 fully saturated rings. The van der Waals surface area contributed by atoms with Gasteiger partial charge in [-0.2, -0.15) is 0 Å². The molecule has 1 atom stereocenters. The molecule has 2 aromatic heterocycles. The lowest BCUT2D eigenvalue weighted by atomic mass is 10.2. The summed E-state index contributed by atoms with van der Waals surface area (Å²) in [5, 5.41) is 8.33. The highest BCUT2D eigenvalue weighted by molar-refractivity contribution is 5.94. The number of hydrogen-bond donors (Lipinski definition) is 0. The predicted molar refractivity (Wildman–Crippen MR) is 89.8 cm³/mol. The van der Waals surface area contributed by atoms with Gasteiger partial charge in [-0.1, -0.05) is 5.21 Å². The van der Waals surface area contributed by atoms with Gasteiger partial charge in [0, 0.05) is 12.5 Å². The molecule has 0 unspecified atom stereocenters. The van der Waals surface area contributed by atoms with Crippen molar-refractivity contribution >= 4 is 5.90 Å². The maximum atomic E-state index is 5.73. The van der Waals surface area contributed by atoms with E-state index < -0.39 is 0 Å². The summed E-state index contributed by atoms with van der Waals surface area (Å²) in [5.74, 6) is 1.37. The molecular formula is C17H16N6O2. The van der Waals surface area contributed by atoms with E-state index in [-0.39, 0.29) is 6.04 Å². The minimum absolute atomic E-state index is 0.155. The van der Waals surface area contributed by atoms with Crippen molar-refractivity contribution in [2.75, 3.05) is 13.7 Å². The second-order valence-electron chi connectivity index (χ2n) is 6.17. The Bertz CT molecular complexity index is 1000. The maximum absolute atomic E-state index is 5.73. The van der Waals surface area contributed by atoms with Crippen molar-refractivity contribution < 1.29 is 9.47 Å². The summed E-state index contributed by atoms with van der Waals surface area (Å²) in [5.41, 5.74) is 4.63.